The van der Waals surface area contributed by atoms with Gasteiger partial charge in [0, 0.05) is 14.1 Å². The van der Waals surface area contributed by atoms with Gasteiger partial charge < -0.3 is 5.32 Å². The number of rotatable bonds is 5. The first-order chi connectivity index (χ1) is 7.72. The lowest BCUT2D eigenvalue weighted by Gasteiger charge is -2.20. The quantitative estimate of drug-likeness (QED) is 0.726. The predicted molar refractivity (Wildman–Crippen MR) is 80.6 cm³/mol. The second-order valence-electron chi connectivity index (χ2n) is 4.44. The monoisotopic (exact) mass is 393 g/mol. The molecule has 1 unspecified atom stereocenters. The van der Waals surface area contributed by atoms with E-state index in [4.69, 9.17) is 0 Å². The van der Waals surface area contributed by atoms with Crippen LogP contribution in [0.25, 0.3) is 0 Å². The highest BCUT2D eigenvalue weighted by Gasteiger charge is 2.32. The molecule has 1 fully saturated rings. The third kappa shape index (κ3) is 3.20. The van der Waals surface area contributed by atoms with Gasteiger partial charge in [-0.1, -0.05) is 22.9 Å². The largest absolute Gasteiger partial charge is 0.310 e. The number of halogens is 2. The second-order valence-corrected chi connectivity index (χ2v) is 6.51. The third-order valence-corrected chi connectivity index (χ3v) is 4.48. The third-order valence-electron chi connectivity index (χ3n) is 3.00. The molecule has 0 saturated heterocycles. The summed E-state index contributed by atoms with van der Waals surface area (Å²) in [5, 5.41) is 3.69. The molecule has 1 nitrogen and oxygen atoms in total. The van der Waals surface area contributed by atoms with Crippen LogP contribution in [0.1, 0.15) is 37.8 Å². The van der Waals surface area contributed by atoms with Crippen LogP contribution in [0.2, 0.25) is 0 Å². The van der Waals surface area contributed by atoms with E-state index in [1.54, 1.807) is 0 Å². The van der Waals surface area contributed by atoms with Gasteiger partial charge in [0.25, 0.3) is 0 Å². The molecule has 1 aromatic carbocycles. The van der Waals surface area contributed by atoms with Crippen molar-refractivity contribution in [1.82, 2.24) is 5.32 Å². The van der Waals surface area contributed by atoms with Crippen LogP contribution in [-0.4, -0.2) is 6.54 Å². The molecule has 0 heterocycles. The smallest absolute Gasteiger partial charge is 0.0359 e. The standard InChI is InChI=1S/C13H17BrIN/c1-2-7-16-13(9-3-4-9)11-8-10(14)5-6-12(11)15/h5-6,8-9,13,16H,2-4,7H2,1H3. The van der Waals surface area contributed by atoms with Crippen LogP contribution in [-0.2, 0) is 0 Å². The minimum Gasteiger partial charge on any atom is -0.310 e. The Morgan fingerprint density at radius 3 is 2.88 bits per heavy atom. The zero-order valence-electron chi connectivity index (χ0n) is 9.47. The predicted octanol–water partition coefficient (Wildman–Crippen LogP) is 4.50. The summed E-state index contributed by atoms with van der Waals surface area (Å²) in [7, 11) is 0. The van der Waals surface area contributed by atoms with E-state index in [0.717, 1.165) is 12.5 Å². The fourth-order valence-electron chi connectivity index (χ4n) is 2.01. The van der Waals surface area contributed by atoms with Crippen molar-refractivity contribution in [1.29, 1.82) is 0 Å². The molecule has 1 N–H and O–H groups in total. The van der Waals surface area contributed by atoms with Crippen molar-refractivity contribution in [2.24, 2.45) is 5.92 Å². The van der Waals surface area contributed by atoms with E-state index < -0.39 is 0 Å². The number of nitrogens with one attached hydrogen (secondary N) is 1. The Morgan fingerprint density at radius 2 is 2.25 bits per heavy atom. The van der Waals surface area contributed by atoms with E-state index in [2.05, 4.69) is 69.0 Å². The lowest BCUT2D eigenvalue weighted by Crippen LogP contribution is -2.24. The summed E-state index contributed by atoms with van der Waals surface area (Å²) in [5.41, 5.74) is 1.46. The maximum Gasteiger partial charge on any atom is 0.0359 e. The van der Waals surface area contributed by atoms with Crippen LogP contribution in [0.15, 0.2) is 22.7 Å². The summed E-state index contributed by atoms with van der Waals surface area (Å²) in [5.74, 6) is 0.856. The van der Waals surface area contributed by atoms with E-state index in [1.165, 1.54) is 32.9 Å². The molecule has 1 aliphatic rings. The normalized spacial score (nSPS) is 17.4. The maximum absolute atomic E-state index is 3.69. The molecular formula is C13H17BrIN. The molecule has 0 spiro atoms. The second kappa shape index (κ2) is 5.83. The van der Waals surface area contributed by atoms with Crippen LogP contribution < -0.4 is 5.32 Å². The Hall–Kier alpha value is 0.390. The van der Waals surface area contributed by atoms with Gasteiger partial charge in [-0.05, 0) is 78.1 Å². The van der Waals surface area contributed by atoms with Gasteiger partial charge in [0.1, 0.15) is 0 Å². The van der Waals surface area contributed by atoms with Crippen molar-refractivity contribution >= 4 is 38.5 Å². The molecule has 0 radical (unpaired) electrons. The van der Waals surface area contributed by atoms with Crippen molar-refractivity contribution < 1.29 is 0 Å². The first-order valence-electron chi connectivity index (χ1n) is 5.90. The topological polar surface area (TPSA) is 12.0 Å². The summed E-state index contributed by atoms with van der Waals surface area (Å²) in [6, 6.07) is 7.15. The van der Waals surface area contributed by atoms with E-state index in [1.807, 2.05) is 0 Å². The Labute approximate surface area is 120 Å². The molecule has 1 saturated carbocycles. The summed E-state index contributed by atoms with van der Waals surface area (Å²) in [6.45, 7) is 3.34. The molecular weight excluding hydrogens is 377 g/mol. The van der Waals surface area contributed by atoms with E-state index in [9.17, 15) is 0 Å². The Bertz CT molecular complexity index is 363. The molecule has 2 rings (SSSR count). The van der Waals surface area contributed by atoms with Crippen molar-refractivity contribution in [2.75, 3.05) is 6.54 Å². The highest BCUT2D eigenvalue weighted by Crippen LogP contribution is 2.42. The molecule has 0 amide bonds. The van der Waals surface area contributed by atoms with Crippen LogP contribution in [0.5, 0.6) is 0 Å². The zero-order valence-corrected chi connectivity index (χ0v) is 13.2. The number of hydrogen-bond acceptors (Lipinski definition) is 1. The highest BCUT2D eigenvalue weighted by atomic mass is 127. The van der Waals surface area contributed by atoms with Gasteiger partial charge in [0.2, 0.25) is 0 Å². The molecule has 16 heavy (non-hydrogen) atoms. The number of benzene rings is 1. The van der Waals surface area contributed by atoms with E-state index in [-0.39, 0.29) is 0 Å². The van der Waals surface area contributed by atoms with Crippen molar-refractivity contribution in [3.8, 4) is 0 Å². The average Bonchev–Trinajstić information content (AvgIpc) is 3.08. The zero-order chi connectivity index (χ0) is 11.5. The van der Waals surface area contributed by atoms with E-state index in [0.29, 0.717) is 6.04 Å². The SMILES string of the molecule is CCCNC(c1cc(Br)ccc1I)C1CC1. The van der Waals surface area contributed by atoms with Crippen LogP contribution >= 0.6 is 38.5 Å². The lowest BCUT2D eigenvalue weighted by atomic mass is 10.0. The maximum atomic E-state index is 3.69. The van der Waals surface area contributed by atoms with Gasteiger partial charge in [0.15, 0.2) is 0 Å². The van der Waals surface area contributed by atoms with Gasteiger partial charge in [-0.2, -0.15) is 0 Å². The minimum atomic E-state index is 0.560. The molecule has 1 atom stereocenters. The van der Waals surface area contributed by atoms with Gasteiger partial charge >= 0.3 is 0 Å². The first kappa shape index (κ1) is 12.8. The Kier molecular flexibility index (Phi) is 4.67. The Morgan fingerprint density at radius 1 is 1.50 bits per heavy atom. The van der Waals surface area contributed by atoms with Crippen LogP contribution in [0, 0.1) is 9.49 Å². The molecule has 88 valence electrons. The average molecular weight is 394 g/mol. The highest BCUT2D eigenvalue weighted by molar-refractivity contribution is 14.1. The van der Waals surface area contributed by atoms with Crippen LogP contribution in [0.3, 0.4) is 0 Å². The van der Waals surface area contributed by atoms with Crippen molar-refractivity contribution in [3.05, 3.63) is 31.8 Å². The van der Waals surface area contributed by atoms with Gasteiger partial charge in [0.05, 0.1) is 0 Å². The van der Waals surface area contributed by atoms with Crippen molar-refractivity contribution in [3.63, 3.8) is 0 Å². The van der Waals surface area contributed by atoms with Crippen molar-refractivity contribution in [2.45, 2.75) is 32.2 Å². The van der Waals surface area contributed by atoms with E-state index >= 15 is 0 Å². The molecule has 3 heteroatoms. The summed E-state index contributed by atoms with van der Waals surface area (Å²) >= 11 is 6.02. The summed E-state index contributed by atoms with van der Waals surface area (Å²) < 4.78 is 2.56. The fraction of sp³-hybridized carbons (Fsp3) is 0.538. The molecule has 0 aromatic heterocycles. The number of hydrogen-bond donors (Lipinski definition) is 1. The first-order valence-corrected chi connectivity index (χ1v) is 7.78. The minimum absolute atomic E-state index is 0.560. The molecule has 0 aliphatic heterocycles. The molecule has 1 aromatic rings. The van der Waals surface area contributed by atoms with Crippen LogP contribution in [0.4, 0.5) is 0 Å². The Balaban J connectivity index is 2.19. The molecule has 1 aliphatic carbocycles. The van der Waals surface area contributed by atoms with Gasteiger partial charge in [-0.25, -0.2) is 0 Å². The fourth-order valence-corrected chi connectivity index (χ4v) is 3.06. The molecule has 0 bridgehead atoms. The van der Waals surface area contributed by atoms with Gasteiger partial charge in [-0.3, -0.25) is 0 Å². The van der Waals surface area contributed by atoms with Gasteiger partial charge in [-0.15, -0.1) is 0 Å². The summed E-state index contributed by atoms with van der Waals surface area (Å²) in [4.78, 5) is 0. The lowest BCUT2D eigenvalue weighted by molar-refractivity contribution is 0.479. The summed E-state index contributed by atoms with van der Waals surface area (Å²) in [6.07, 6.45) is 3.96.